The molecule has 0 amide bonds. The van der Waals surface area contributed by atoms with E-state index in [2.05, 4.69) is 47.1 Å². The molecule has 1 saturated heterocycles. The molecule has 0 saturated carbocycles. The first-order valence-corrected chi connectivity index (χ1v) is 5.92. The van der Waals surface area contributed by atoms with Crippen LogP contribution in [0.5, 0.6) is 0 Å². The summed E-state index contributed by atoms with van der Waals surface area (Å²) in [6.45, 7) is 9.30. The Morgan fingerprint density at radius 3 is 2.88 bits per heavy atom. The summed E-state index contributed by atoms with van der Waals surface area (Å²) in [6.07, 6.45) is 1.22. The third-order valence-electron chi connectivity index (χ3n) is 2.97. The molecule has 1 heterocycles. The van der Waals surface area contributed by atoms with Crippen molar-refractivity contribution in [1.82, 2.24) is 10.2 Å². The van der Waals surface area contributed by atoms with E-state index in [4.69, 9.17) is 0 Å². The monoisotopic (exact) mass is 216 g/mol. The Morgan fingerprint density at radius 2 is 2.19 bits per heavy atom. The average Bonchev–Trinajstić information content (AvgIpc) is 2.66. The van der Waals surface area contributed by atoms with E-state index in [0.29, 0.717) is 6.04 Å². The van der Waals surface area contributed by atoms with Gasteiger partial charge in [-0.15, -0.1) is 0 Å². The van der Waals surface area contributed by atoms with Crippen molar-refractivity contribution in [3.63, 3.8) is 0 Å². The highest BCUT2D eigenvalue weighted by Crippen LogP contribution is 2.13. The molecule has 2 heteroatoms. The molecule has 2 rings (SSSR count). The van der Waals surface area contributed by atoms with Crippen molar-refractivity contribution in [3.8, 4) is 0 Å². The van der Waals surface area contributed by atoms with Gasteiger partial charge in [-0.3, -0.25) is 4.90 Å². The number of nitrogens with zero attached hydrogens (tertiary/aromatic N) is 1. The maximum absolute atomic E-state index is 3.90. The summed E-state index contributed by atoms with van der Waals surface area (Å²) in [5.41, 5.74) is 2.48. The van der Waals surface area contributed by atoms with E-state index in [0.717, 1.165) is 18.8 Å². The molecule has 1 aliphatic rings. The first kappa shape index (κ1) is 11.2. The number of nitrogens with one attached hydrogen (secondary N) is 1. The van der Waals surface area contributed by atoms with E-state index >= 15 is 0 Å². The Kier molecular flexibility index (Phi) is 3.62. The van der Waals surface area contributed by atoms with Gasteiger partial charge in [0.2, 0.25) is 0 Å². The van der Waals surface area contributed by atoms with E-state index in [-0.39, 0.29) is 0 Å². The fraction of sp³-hybridized carbons (Fsp3) is 0.429. The number of likely N-dealkylation sites (tertiary alicyclic amines) is 1. The van der Waals surface area contributed by atoms with Gasteiger partial charge in [-0.05, 0) is 18.9 Å². The van der Waals surface area contributed by atoms with Crippen molar-refractivity contribution < 1.29 is 0 Å². The average molecular weight is 216 g/mol. The number of hydrogen-bond acceptors (Lipinski definition) is 2. The number of rotatable bonds is 4. The van der Waals surface area contributed by atoms with Gasteiger partial charge < -0.3 is 5.32 Å². The predicted octanol–water partition coefficient (Wildman–Crippen LogP) is 2.38. The molecule has 1 aromatic rings. The van der Waals surface area contributed by atoms with Gasteiger partial charge >= 0.3 is 0 Å². The summed E-state index contributed by atoms with van der Waals surface area (Å²) in [5, 5.41) is 3.42. The van der Waals surface area contributed by atoms with Crippen LogP contribution >= 0.6 is 0 Å². The van der Waals surface area contributed by atoms with Gasteiger partial charge in [0.15, 0.2) is 0 Å². The number of hydrogen-bond donors (Lipinski definition) is 1. The van der Waals surface area contributed by atoms with Crippen molar-refractivity contribution >= 4 is 0 Å². The maximum atomic E-state index is 3.90. The van der Waals surface area contributed by atoms with Crippen LogP contribution in [-0.4, -0.2) is 24.0 Å². The zero-order valence-corrected chi connectivity index (χ0v) is 9.95. The molecule has 1 atom stereocenters. The Labute approximate surface area is 98.0 Å². The molecule has 1 fully saturated rings. The molecule has 86 valence electrons. The smallest absolute Gasteiger partial charge is 0.0397 e. The second kappa shape index (κ2) is 5.17. The summed E-state index contributed by atoms with van der Waals surface area (Å²) in [7, 11) is 0. The summed E-state index contributed by atoms with van der Waals surface area (Å²) in [4.78, 5) is 2.50. The lowest BCUT2D eigenvalue weighted by Crippen LogP contribution is -2.30. The van der Waals surface area contributed by atoms with E-state index in [1.807, 2.05) is 6.92 Å². The molecular formula is C14H20N2. The highest BCUT2D eigenvalue weighted by molar-refractivity contribution is 5.14. The minimum atomic E-state index is 0.584. The molecule has 0 spiro atoms. The third-order valence-corrected chi connectivity index (χ3v) is 2.97. The van der Waals surface area contributed by atoms with E-state index in [9.17, 15) is 0 Å². The second-order valence-corrected chi connectivity index (χ2v) is 4.63. The zero-order valence-electron chi connectivity index (χ0n) is 9.95. The maximum Gasteiger partial charge on any atom is 0.0397 e. The number of allylic oxidation sites excluding steroid dienone is 1. The van der Waals surface area contributed by atoms with E-state index < -0.39 is 0 Å². The molecular weight excluding hydrogens is 196 g/mol. The first-order valence-electron chi connectivity index (χ1n) is 5.92. The standard InChI is InChI=1S/C14H20N2/c1-12(2)15-14-8-9-16(11-14)10-13-6-4-3-5-7-13/h3-7,14-15H,1,8-11H2,2H3. The van der Waals surface area contributed by atoms with Gasteiger partial charge in [-0.25, -0.2) is 0 Å². The minimum Gasteiger partial charge on any atom is -0.385 e. The lowest BCUT2D eigenvalue weighted by molar-refractivity contribution is 0.323. The van der Waals surface area contributed by atoms with Gasteiger partial charge in [0.1, 0.15) is 0 Å². The van der Waals surface area contributed by atoms with Crippen molar-refractivity contribution in [1.29, 1.82) is 0 Å². The van der Waals surface area contributed by atoms with Crippen LogP contribution in [-0.2, 0) is 6.54 Å². The topological polar surface area (TPSA) is 15.3 Å². The van der Waals surface area contributed by atoms with Crippen molar-refractivity contribution in [2.24, 2.45) is 0 Å². The molecule has 0 aromatic heterocycles. The highest BCUT2D eigenvalue weighted by Gasteiger charge is 2.21. The zero-order chi connectivity index (χ0) is 11.4. The van der Waals surface area contributed by atoms with E-state index in [1.54, 1.807) is 0 Å². The van der Waals surface area contributed by atoms with Gasteiger partial charge in [0.05, 0.1) is 0 Å². The SMILES string of the molecule is C=C(C)NC1CCN(Cc2ccccc2)C1. The predicted molar refractivity (Wildman–Crippen MR) is 68.1 cm³/mol. The molecule has 2 nitrogen and oxygen atoms in total. The van der Waals surface area contributed by atoms with Gasteiger partial charge in [-0.2, -0.15) is 0 Å². The quantitative estimate of drug-likeness (QED) is 0.831. The summed E-state index contributed by atoms with van der Waals surface area (Å²) < 4.78 is 0. The van der Waals surface area contributed by atoms with Crippen molar-refractivity contribution in [2.75, 3.05) is 13.1 Å². The minimum absolute atomic E-state index is 0.584. The Morgan fingerprint density at radius 1 is 1.44 bits per heavy atom. The molecule has 0 radical (unpaired) electrons. The van der Waals surface area contributed by atoms with Crippen LogP contribution in [0.1, 0.15) is 18.9 Å². The molecule has 1 unspecified atom stereocenters. The lowest BCUT2D eigenvalue weighted by atomic mass is 10.2. The number of benzene rings is 1. The second-order valence-electron chi connectivity index (χ2n) is 4.63. The van der Waals surface area contributed by atoms with Crippen molar-refractivity contribution in [3.05, 3.63) is 48.2 Å². The summed E-state index contributed by atoms with van der Waals surface area (Å²) in [6, 6.07) is 11.3. The molecule has 1 aromatic carbocycles. The van der Waals surface area contributed by atoms with Crippen LogP contribution in [0, 0.1) is 0 Å². The Balaban J connectivity index is 1.83. The Hall–Kier alpha value is -1.28. The van der Waals surface area contributed by atoms with Crippen LogP contribution in [0.2, 0.25) is 0 Å². The van der Waals surface area contributed by atoms with Crippen LogP contribution in [0.4, 0.5) is 0 Å². The van der Waals surface area contributed by atoms with Crippen LogP contribution in [0.15, 0.2) is 42.6 Å². The fourth-order valence-corrected chi connectivity index (χ4v) is 2.28. The van der Waals surface area contributed by atoms with Gasteiger partial charge in [0, 0.05) is 31.4 Å². The summed E-state index contributed by atoms with van der Waals surface area (Å²) in [5.74, 6) is 0. The molecule has 1 N–H and O–H groups in total. The van der Waals surface area contributed by atoms with Crippen molar-refractivity contribution in [2.45, 2.75) is 25.9 Å². The largest absolute Gasteiger partial charge is 0.385 e. The Bertz CT molecular complexity index is 345. The van der Waals surface area contributed by atoms with Crippen LogP contribution in [0.25, 0.3) is 0 Å². The van der Waals surface area contributed by atoms with Crippen LogP contribution < -0.4 is 5.32 Å². The van der Waals surface area contributed by atoms with Gasteiger partial charge in [0.25, 0.3) is 0 Å². The normalized spacial score (nSPS) is 20.9. The molecule has 1 aliphatic heterocycles. The molecule has 0 aliphatic carbocycles. The molecule has 16 heavy (non-hydrogen) atoms. The highest BCUT2D eigenvalue weighted by atomic mass is 15.2. The van der Waals surface area contributed by atoms with Gasteiger partial charge in [-0.1, -0.05) is 36.9 Å². The lowest BCUT2D eigenvalue weighted by Gasteiger charge is -2.17. The molecule has 0 bridgehead atoms. The van der Waals surface area contributed by atoms with E-state index in [1.165, 1.54) is 18.5 Å². The first-order chi connectivity index (χ1) is 7.74. The van der Waals surface area contributed by atoms with Crippen LogP contribution in [0.3, 0.4) is 0 Å². The fourth-order valence-electron chi connectivity index (χ4n) is 2.28. The summed E-state index contributed by atoms with van der Waals surface area (Å²) >= 11 is 0. The third kappa shape index (κ3) is 3.11.